The van der Waals surface area contributed by atoms with Crippen LogP contribution in [0.25, 0.3) is 0 Å². The number of cyclic esters (lactones) is 3. The predicted octanol–water partition coefficient (Wildman–Crippen LogP) is 16.1. The summed E-state index contributed by atoms with van der Waals surface area (Å²) in [5, 5.41) is 0. The summed E-state index contributed by atoms with van der Waals surface area (Å²) >= 11 is 0. The number of rotatable bonds is 0. The van der Waals surface area contributed by atoms with Crippen LogP contribution in [-0.2, 0) is 85.7 Å². The lowest BCUT2D eigenvalue weighted by Gasteiger charge is -2.35. The Bertz CT molecular complexity index is 2020. The smallest absolute Gasteiger partial charge is 0.312 e. The minimum Gasteiger partial charge on any atom is -0.465 e. The van der Waals surface area contributed by atoms with Gasteiger partial charge in [0.05, 0.1) is 68.4 Å². The molecule has 0 radical (unpaired) electrons. The molecule has 92 heavy (non-hydrogen) atoms. The van der Waals surface area contributed by atoms with Crippen LogP contribution in [0, 0.1) is 58.2 Å². The van der Waals surface area contributed by atoms with Gasteiger partial charge in [-0.25, -0.2) is 0 Å². The molecule has 536 valence electrons. The molecule has 7 aliphatic carbocycles. The summed E-state index contributed by atoms with van der Waals surface area (Å²) in [6.07, 6.45) is 28.1. The Hall–Kier alpha value is -3.87. The van der Waals surface area contributed by atoms with E-state index in [1.807, 2.05) is 125 Å². The Morgan fingerprint density at radius 1 is 0.391 bits per heavy atom. The van der Waals surface area contributed by atoms with E-state index in [-0.39, 0.29) is 114 Å². The summed E-state index contributed by atoms with van der Waals surface area (Å²) in [6, 6.07) is 0. The largest absolute Gasteiger partial charge is 0.465 e. The van der Waals surface area contributed by atoms with E-state index >= 15 is 0 Å². The van der Waals surface area contributed by atoms with Gasteiger partial charge in [0.15, 0.2) is 25.3 Å². The molecule has 11 aliphatic heterocycles. The lowest BCUT2D eigenvalue weighted by molar-refractivity contribution is -0.151. The van der Waals surface area contributed by atoms with Crippen molar-refractivity contribution in [3.8, 4) is 0 Å². The SMILES string of the molecule is CC.CC.CC.CC.CC.CC.CC.CC.CC.O=C1CC2CCCC2O1.O=C1CC2OC3OCOC3C2O1.O=C1CC2OCCC2O1.O=C1OC2CC3CC(C2)CC1C3.O=C1OCC2CCCC12.O=C1OCCC12CC1CCC2C1.O=C1OCCC12CCCCC2. The number of carbonyl (C=O) groups excluding carboxylic acids is 7. The highest BCUT2D eigenvalue weighted by Gasteiger charge is 2.59. The fourth-order valence-electron chi connectivity index (χ4n) is 16.0. The molecule has 0 aromatic carbocycles. The molecule has 2 spiro atoms. The molecule has 18 nitrogen and oxygen atoms in total. The Labute approximate surface area is 557 Å². The van der Waals surface area contributed by atoms with Crippen LogP contribution in [0.4, 0.5) is 0 Å². The maximum absolute atomic E-state index is 11.6. The molecule has 15 atom stereocenters. The Morgan fingerprint density at radius 2 is 0.978 bits per heavy atom. The Kier molecular flexibility index (Phi) is 41.7. The number of esters is 7. The summed E-state index contributed by atoms with van der Waals surface area (Å²) in [5.74, 6) is 4.90. The molecule has 11 heterocycles. The zero-order valence-corrected chi connectivity index (χ0v) is 61.0. The normalized spacial score (nSPS) is 35.7. The van der Waals surface area contributed by atoms with Crippen molar-refractivity contribution < 1.29 is 85.7 Å². The van der Waals surface area contributed by atoms with Crippen LogP contribution in [0.1, 0.15) is 292 Å². The number of fused-ring (bicyclic) bond motifs is 10. The summed E-state index contributed by atoms with van der Waals surface area (Å²) in [4.78, 5) is 77.2. The average Bonchev–Trinajstić information content (AvgIpc) is 1.60. The van der Waals surface area contributed by atoms with E-state index in [0.717, 1.165) is 101 Å². The molecule has 6 bridgehead atoms. The molecule has 0 amide bonds. The molecule has 0 aromatic heterocycles. The Balaban J connectivity index is 0.000000352. The van der Waals surface area contributed by atoms with Crippen molar-refractivity contribution >= 4 is 41.8 Å². The van der Waals surface area contributed by atoms with Gasteiger partial charge in [-0.15, -0.1) is 0 Å². The van der Waals surface area contributed by atoms with Gasteiger partial charge in [0.1, 0.15) is 30.5 Å². The number of hydrogen-bond donors (Lipinski definition) is 0. The van der Waals surface area contributed by atoms with Crippen molar-refractivity contribution in [3.63, 3.8) is 0 Å². The van der Waals surface area contributed by atoms with Crippen LogP contribution in [0.2, 0.25) is 0 Å². The standard InChI is InChI=1S/2C10H14O2.C9H14O2.C7H8O5.2C7H10O2.C6H8O3.9C2H6/c11-10-8-2-6-1-7(3-8)5-9(4-6)12-10;11-9-10(3-4-12-9)6-7-1-2-8(10)5-7;10-8-9(6-7-11-8)4-2-1-3-5-9;8-4-1-3-5(12-4)6-7(11-3)10-2-9-6;8-7-6-3-1-2-5(6)4-9-7;8-7-4-5-2-1-3-6(5)9-7;7-6-3-5-4(9-6)1-2-8-5;9*1-2/h6-9H,1-5H2;7-8H,1-6H2;1-7H2;3,5-7H,1-2H2;2*5-6H,1-4H2;4-5H,1-3H2;9*1-2H3. The van der Waals surface area contributed by atoms with E-state index in [1.165, 1.54) is 70.6 Å². The van der Waals surface area contributed by atoms with Crippen molar-refractivity contribution in [2.24, 2.45) is 58.2 Å². The third-order valence-electron chi connectivity index (χ3n) is 19.8. The molecule has 0 N–H and O–H groups in total. The van der Waals surface area contributed by atoms with Gasteiger partial charge in [0.2, 0.25) is 0 Å². The van der Waals surface area contributed by atoms with E-state index in [4.69, 9.17) is 52.1 Å². The maximum atomic E-state index is 11.6. The second-order valence-electron chi connectivity index (χ2n) is 24.4. The molecule has 18 aliphatic rings. The zero-order valence-electron chi connectivity index (χ0n) is 61.0. The average molecular weight is 1310 g/mol. The van der Waals surface area contributed by atoms with Crippen LogP contribution in [0.3, 0.4) is 0 Å². The second-order valence-corrected chi connectivity index (χ2v) is 24.4. The van der Waals surface area contributed by atoms with E-state index in [2.05, 4.69) is 0 Å². The minimum atomic E-state index is -0.326. The number of carbonyl (C=O) groups is 7. The molecular formula is C74H132O18. The molecule has 18 fully saturated rings. The van der Waals surface area contributed by atoms with E-state index in [1.54, 1.807) is 0 Å². The first kappa shape index (κ1) is 84.2. The topological polar surface area (TPSA) is 221 Å². The molecule has 15 unspecified atom stereocenters. The minimum absolute atomic E-state index is 0.00289. The first-order chi connectivity index (χ1) is 44.9. The van der Waals surface area contributed by atoms with E-state index < -0.39 is 0 Å². The molecule has 18 rings (SSSR count). The van der Waals surface area contributed by atoms with Gasteiger partial charge in [0.25, 0.3) is 0 Å². The molecule has 18 heteroatoms. The quantitative estimate of drug-likeness (QED) is 0.162. The predicted molar refractivity (Wildman–Crippen MR) is 357 cm³/mol. The van der Waals surface area contributed by atoms with Crippen LogP contribution < -0.4 is 0 Å². The molecule has 0 aromatic rings. The Morgan fingerprint density at radius 3 is 1.54 bits per heavy atom. The van der Waals surface area contributed by atoms with Crippen LogP contribution in [-0.4, -0.2) is 124 Å². The first-order valence-electron chi connectivity index (χ1n) is 37.7. The first-order valence-corrected chi connectivity index (χ1v) is 37.7. The van der Waals surface area contributed by atoms with Crippen LogP contribution in [0.15, 0.2) is 0 Å². The highest BCUT2D eigenvalue weighted by molar-refractivity contribution is 5.80. The van der Waals surface area contributed by atoms with Crippen molar-refractivity contribution in [2.75, 3.05) is 33.2 Å². The van der Waals surface area contributed by atoms with Crippen molar-refractivity contribution in [2.45, 2.75) is 341 Å². The highest BCUT2D eigenvalue weighted by atomic mass is 16.8. The van der Waals surface area contributed by atoms with Crippen LogP contribution in [0.5, 0.6) is 0 Å². The molecular weight excluding hydrogens is 1180 g/mol. The third kappa shape index (κ3) is 22.9. The lowest BCUT2D eigenvalue weighted by atomic mass is 9.68. The summed E-state index contributed by atoms with van der Waals surface area (Å²) in [7, 11) is 0. The van der Waals surface area contributed by atoms with Gasteiger partial charge in [-0.05, 0) is 133 Å². The third-order valence-corrected chi connectivity index (χ3v) is 19.8. The zero-order chi connectivity index (χ0) is 69.0. The van der Waals surface area contributed by atoms with Gasteiger partial charge in [0, 0.05) is 18.3 Å². The summed E-state index contributed by atoms with van der Waals surface area (Å²) in [5.41, 5.74) is -0.0266. The van der Waals surface area contributed by atoms with Crippen molar-refractivity contribution in [1.82, 2.24) is 0 Å². The summed E-state index contributed by atoms with van der Waals surface area (Å²) in [6.45, 7) is 39.0. The van der Waals surface area contributed by atoms with E-state index in [9.17, 15) is 33.6 Å². The van der Waals surface area contributed by atoms with Crippen molar-refractivity contribution in [3.05, 3.63) is 0 Å². The lowest BCUT2D eigenvalue weighted by Crippen LogP contribution is -2.32. The monoisotopic (exact) mass is 1310 g/mol. The second kappa shape index (κ2) is 45.5. The van der Waals surface area contributed by atoms with Gasteiger partial charge in [-0.2, -0.15) is 0 Å². The van der Waals surface area contributed by atoms with Gasteiger partial charge in [-0.3, -0.25) is 33.6 Å². The van der Waals surface area contributed by atoms with Crippen LogP contribution >= 0.6 is 0 Å². The van der Waals surface area contributed by atoms with Gasteiger partial charge >= 0.3 is 41.8 Å². The van der Waals surface area contributed by atoms with Gasteiger partial charge < -0.3 is 52.1 Å². The number of hydrogen-bond acceptors (Lipinski definition) is 18. The highest BCUT2D eigenvalue weighted by Crippen LogP contribution is 2.60. The maximum Gasteiger partial charge on any atom is 0.312 e. The number of ether oxygens (including phenoxy) is 11. The van der Waals surface area contributed by atoms with Gasteiger partial charge in [-0.1, -0.05) is 157 Å². The molecule has 7 saturated carbocycles. The molecule has 11 saturated heterocycles. The fourth-order valence-corrected chi connectivity index (χ4v) is 16.0. The summed E-state index contributed by atoms with van der Waals surface area (Å²) < 4.78 is 56.3. The van der Waals surface area contributed by atoms with E-state index in [0.29, 0.717) is 62.9 Å². The van der Waals surface area contributed by atoms with Crippen molar-refractivity contribution in [1.29, 1.82) is 0 Å². The fraction of sp³-hybridized carbons (Fsp3) is 0.905.